The van der Waals surface area contributed by atoms with Crippen molar-refractivity contribution in [2.24, 2.45) is 11.7 Å². The van der Waals surface area contributed by atoms with Crippen LogP contribution in [0.25, 0.3) is 0 Å². The van der Waals surface area contributed by atoms with E-state index >= 15 is 0 Å². The first-order valence-electron chi connectivity index (χ1n) is 8.29. The monoisotopic (exact) mass is 408 g/mol. The Balaban J connectivity index is 4.96. The average molecular weight is 408 g/mol. The van der Waals surface area contributed by atoms with Gasteiger partial charge >= 0.3 is 5.97 Å². The lowest BCUT2D eigenvalue weighted by atomic mass is 10.0. The van der Waals surface area contributed by atoms with Crippen molar-refractivity contribution >= 4 is 36.3 Å². The van der Waals surface area contributed by atoms with Gasteiger partial charge in [0.1, 0.15) is 24.2 Å². The third-order valence-corrected chi connectivity index (χ3v) is 3.85. The molecule has 0 aromatic heterocycles. The molecule has 0 aliphatic heterocycles. The molecule has 0 aliphatic carbocycles. The van der Waals surface area contributed by atoms with Gasteiger partial charge in [0, 0.05) is 5.75 Å². The highest BCUT2D eigenvalue weighted by Crippen LogP contribution is 2.05. The zero-order chi connectivity index (χ0) is 21.1. The van der Waals surface area contributed by atoms with E-state index in [2.05, 4.69) is 28.6 Å². The van der Waals surface area contributed by atoms with E-state index in [0.29, 0.717) is 0 Å². The maximum atomic E-state index is 12.3. The molecule has 0 aromatic carbocycles. The van der Waals surface area contributed by atoms with Crippen molar-refractivity contribution in [3.05, 3.63) is 0 Å². The van der Waals surface area contributed by atoms with Gasteiger partial charge in [-0.2, -0.15) is 12.6 Å². The predicted molar refractivity (Wildman–Crippen MR) is 98.9 cm³/mol. The number of carbonyl (C=O) groups excluding carboxylic acids is 3. The Morgan fingerprint density at radius 2 is 1.37 bits per heavy atom. The second-order valence-electron chi connectivity index (χ2n) is 6.31. The highest BCUT2D eigenvalue weighted by molar-refractivity contribution is 7.80. The van der Waals surface area contributed by atoms with Gasteiger partial charge in [0.2, 0.25) is 17.7 Å². The molecule has 0 spiro atoms. The van der Waals surface area contributed by atoms with E-state index in [1.807, 2.05) is 0 Å². The third kappa shape index (κ3) is 9.04. The Kier molecular flexibility index (Phi) is 11.6. The van der Waals surface area contributed by atoms with Crippen LogP contribution in [0, 0.1) is 5.92 Å². The van der Waals surface area contributed by atoms with Gasteiger partial charge in [-0.3, -0.25) is 14.4 Å². The molecular weight excluding hydrogens is 380 g/mol. The van der Waals surface area contributed by atoms with Gasteiger partial charge in [-0.15, -0.1) is 0 Å². The van der Waals surface area contributed by atoms with Gasteiger partial charge in [0.05, 0.1) is 13.2 Å². The Bertz CT molecular complexity index is 532. The fourth-order valence-corrected chi connectivity index (χ4v) is 2.24. The van der Waals surface area contributed by atoms with Gasteiger partial charge in [-0.25, -0.2) is 4.79 Å². The molecule has 0 bridgehead atoms. The van der Waals surface area contributed by atoms with Crippen LogP contribution in [0.2, 0.25) is 0 Å². The second-order valence-corrected chi connectivity index (χ2v) is 6.67. The number of hydrogen-bond donors (Lipinski definition) is 8. The number of hydrogen-bond acceptors (Lipinski definition) is 8. The zero-order valence-corrected chi connectivity index (χ0v) is 16.1. The predicted octanol–water partition coefficient (Wildman–Crippen LogP) is -3.19. The number of nitrogens with one attached hydrogen (secondary N) is 3. The number of nitrogens with two attached hydrogens (primary N) is 1. The molecule has 0 aliphatic rings. The van der Waals surface area contributed by atoms with Crippen LogP contribution in [0.1, 0.15) is 20.3 Å². The molecule has 3 amide bonds. The number of aliphatic carboxylic acids is 1. The van der Waals surface area contributed by atoms with E-state index < -0.39 is 61.1 Å². The van der Waals surface area contributed by atoms with Crippen molar-refractivity contribution in [2.45, 2.75) is 44.4 Å². The molecule has 0 saturated heterocycles. The van der Waals surface area contributed by atoms with Crippen LogP contribution in [0.4, 0.5) is 0 Å². The van der Waals surface area contributed by atoms with Crippen LogP contribution in [0.15, 0.2) is 0 Å². The lowest BCUT2D eigenvalue weighted by Crippen LogP contribution is -2.58. The van der Waals surface area contributed by atoms with Crippen LogP contribution in [-0.4, -0.2) is 82.1 Å². The van der Waals surface area contributed by atoms with E-state index in [0.717, 1.165) is 0 Å². The first kappa shape index (κ1) is 25.1. The molecule has 0 radical (unpaired) electrons. The number of aliphatic hydroxyl groups excluding tert-OH is 2. The van der Waals surface area contributed by atoms with Crippen molar-refractivity contribution in [2.75, 3.05) is 19.0 Å². The molecule has 0 saturated carbocycles. The SMILES string of the molecule is CC(C)CC(NC(=O)C(CS)NC(=O)C(CO)NC(=O)C(N)CO)C(=O)O. The largest absolute Gasteiger partial charge is 0.480 e. The fourth-order valence-electron chi connectivity index (χ4n) is 1.99. The van der Waals surface area contributed by atoms with Crippen LogP contribution in [0.5, 0.6) is 0 Å². The first-order chi connectivity index (χ1) is 12.6. The normalized spacial score (nSPS) is 15.4. The molecule has 12 heteroatoms. The molecule has 4 atom stereocenters. The average Bonchev–Trinajstić information content (AvgIpc) is 2.61. The number of aliphatic hydroxyl groups is 2. The van der Waals surface area contributed by atoms with Crippen molar-refractivity contribution in [1.82, 2.24) is 16.0 Å². The second kappa shape index (κ2) is 12.5. The molecule has 0 fully saturated rings. The summed E-state index contributed by atoms with van der Waals surface area (Å²) < 4.78 is 0. The molecule has 27 heavy (non-hydrogen) atoms. The van der Waals surface area contributed by atoms with Gasteiger partial charge in [-0.1, -0.05) is 13.8 Å². The van der Waals surface area contributed by atoms with E-state index in [-0.39, 0.29) is 18.1 Å². The highest BCUT2D eigenvalue weighted by Gasteiger charge is 2.29. The number of rotatable bonds is 12. The van der Waals surface area contributed by atoms with E-state index in [4.69, 9.17) is 10.8 Å². The van der Waals surface area contributed by atoms with Gasteiger partial charge in [-0.05, 0) is 12.3 Å². The number of carbonyl (C=O) groups is 4. The van der Waals surface area contributed by atoms with Crippen LogP contribution >= 0.6 is 12.6 Å². The van der Waals surface area contributed by atoms with Gasteiger partial charge < -0.3 is 37.0 Å². The van der Waals surface area contributed by atoms with E-state index in [9.17, 15) is 29.4 Å². The quantitative estimate of drug-likeness (QED) is 0.155. The van der Waals surface area contributed by atoms with Crippen molar-refractivity contribution in [1.29, 1.82) is 0 Å². The number of amides is 3. The molecule has 0 rings (SSSR count). The fraction of sp³-hybridized carbons (Fsp3) is 0.733. The lowest BCUT2D eigenvalue weighted by Gasteiger charge is -2.23. The molecule has 156 valence electrons. The summed E-state index contributed by atoms with van der Waals surface area (Å²) in [5.41, 5.74) is 5.31. The maximum absolute atomic E-state index is 12.3. The molecule has 0 heterocycles. The molecule has 0 aromatic rings. The van der Waals surface area contributed by atoms with Gasteiger partial charge in [0.15, 0.2) is 0 Å². The van der Waals surface area contributed by atoms with Crippen LogP contribution < -0.4 is 21.7 Å². The molecule has 8 N–H and O–H groups in total. The number of carboxylic acids is 1. The summed E-state index contributed by atoms with van der Waals surface area (Å²) in [6.45, 7) is 2.17. The summed E-state index contributed by atoms with van der Waals surface area (Å²) in [5.74, 6) is -3.85. The summed E-state index contributed by atoms with van der Waals surface area (Å²) in [4.78, 5) is 47.3. The van der Waals surface area contributed by atoms with E-state index in [1.54, 1.807) is 13.8 Å². The summed E-state index contributed by atoms with van der Waals surface area (Å²) >= 11 is 3.96. The lowest BCUT2D eigenvalue weighted by molar-refractivity contribution is -0.142. The van der Waals surface area contributed by atoms with Gasteiger partial charge in [0.25, 0.3) is 0 Å². The summed E-state index contributed by atoms with van der Waals surface area (Å²) in [7, 11) is 0. The smallest absolute Gasteiger partial charge is 0.326 e. The first-order valence-corrected chi connectivity index (χ1v) is 8.92. The maximum Gasteiger partial charge on any atom is 0.326 e. The topological polar surface area (TPSA) is 191 Å². The Morgan fingerprint density at radius 3 is 1.78 bits per heavy atom. The molecular formula is C15H28N4O7S. The number of carboxylic acid groups (broad SMARTS) is 1. The highest BCUT2D eigenvalue weighted by atomic mass is 32.1. The Morgan fingerprint density at radius 1 is 0.889 bits per heavy atom. The Hall–Kier alpha value is -1.89. The molecule has 4 unspecified atom stereocenters. The van der Waals surface area contributed by atoms with E-state index in [1.165, 1.54) is 0 Å². The van der Waals surface area contributed by atoms with Crippen molar-refractivity contribution < 1.29 is 34.5 Å². The standard InChI is InChI=1S/C15H28N4O7S/c1-7(2)3-9(15(25)26)17-14(24)11(6-27)19-13(23)10(5-21)18-12(22)8(16)4-20/h7-11,20-21,27H,3-6,16H2,1-2H3,(H,17,24)(H,18,22)(H,19,23)(H,25,26). The summed E-state index contributed by atoms with van der Waals surface area (Å²) in [6.07, 6.45) is 0.197. The summed E-state index contributed by atoms with van der Waals surface area (Å²) in [6, 6.07) is -5.00. The minimum atomic E-state index is -1.41. The molecule has 11 nitrogen and oxygen atoms in total. The summed E-state index contributed by atoms with van der Waals surface area (Å²) in [5, 5.41) is 34.0. The minimum Gasteiger partial charge on any atom is -0.480 e. The van der Waals surface area contributed by atoms with Crippen LogP contribution in [-0.2, 0) is 19.2 Å². The Labute approximate surface area is 162 Å². The number of thiol groups is 1. The van der Waals surface area contributed by atoms with Crippen LogP contribution in [0.3, 0.4) is 0 Å². The van der Waals surface area contributed by atoms with Crippen molar-refractivity contribution in [3.63, 3.8) is 0 Å². The minimum absolute atomic E-state index is 0.0140. The van der Waals surface area contributed by atoms with Crippen molar-refractivity contribution in [3.8, 4) is 0 Å². The zero-order valence-electron chi connectivity index (χ0n) is 15.2. The third-order valence-electron chi connectivity index (χ3n) is 3.49.